The summed E-state index contributed by atoms with van der Waals surface area (Å²) in [4.78, 5) is 13.8. The van der Waals surface area contributed by atoms with Crippen LogP contribution in [0.2, 0.25) is 0 Å². The van der Waals surface area contributed by atoms with Crippen LogP contribution in [-0.4, -0.2) is 43.5 Å². The Morgan fingerprint density at radius 2 is 1.94 bits per heavy atom. The molecule has 1 aromatic carbocycles. The van der Waals surface area contributed by atoms with E-state index in [-0.39, 0.29) is 11.7 Å². The summed E-state index contributed by atoms with van der Waals surface area (Å²) < 4.78 is 12.7. The normalized spacial score (nSPS) is 16.5. The number of hydrogen-bond donors (Lipinski definition) is 2. The van der Waals surface area contributed by atoms with Crippen molar-refractivity contribution in [3.63, 3.8) is 0 Å². The van der Waals surface area contributed by atoms with Crippen molar-refractivity contribution in [1.82, 2.24) is 15.5 Å². The molecule has 0 aromatic heterocycles. The fraction of sp³-hybridized carbons (Fsp3) is 0.462. The standard InChI is InChI=1S/C13H18FN3O/c14-12-3-1-11(2-4-12)9-16-13(18)10-17-7-5-15-6-8-17/h1-4,15H,5-10H2,(H,16,18). The second kappa shape index (κ2) is 6.47. The lowest BCUT2D eigenvalue weighted by Crippen LogP contribution is -2.47. The number of nitrogens with zero attached hydrogens (tertiary/aromatic N) is 1. The molecule has 1 aliphatic heterocycles. The number of carbonyl (C=O) groups is 1. The predicted molar refractivity (Wildman–Crippen MR) is 67.6 cm³/mol. The van der Waals surface area contributed by atoms with Crippen molar-refractivity contribution >= 4 is 5.91 Å². The van der Waals surface area contributed by atoms with Gasteiger partial charge in [-0.05, 0) is 17.7 Å². The van der Waals surface area contributed by atoms with Crippen LogP contribution in [-0.2, 0) is 11.3 Å². The molecule has 0 bridgehead atoms. The Morgan fingerprint density at radius 3 is 2.61 bits per heavy atom. The van der Waals surface area contributed by atoms with E-state index in [9.17, 15) is 9.18 Å². The van der Waals surface area contributed by atoms with Crippen LogP contribution in [0.3, 0.4) is 0 Å². The summed E-state index contributed by atoms with van der Waals surface area (Å²) in [6.07, 6.45) is 0. The van der Waals surface area contributed by atoms with E-state index in [1.165, 1.54) is 12.1 Å². The molecule has 2 rings (SSSR count). The summed E-state index contributed by atoms with van der Waals surface area (Å²) >= 11 is 0. The third kappa shape index (κ3) is 4.09. The maximum Gasteiger partial charge on any atom is 0.234 e. The van der Waals surface area contributed by atoms with Gasteiger partial charge in [-0.25, -0.2) is 4.39 Å². The first-order chi connectivity index (χ1) is 8.74. The molecule has 0 unspecified atom stereocenters. The molecule has 1 aliphatic rings. The highest BCUT2D eigenvalue weighted by Crippen LogP contribution is 2.02. The van der Waals surface area contributed by atoms with Crippen LogP contribution in [0.5, 0.6) is 0 Å². The lowest BCUT2D eigenvalue weighted by molar-refractivity contribution is -0.122. The van der Waals surface area contributed by atoms with Crippen molar-refractivity contribution in [3.05, 3.63) is 35.6 Å². The first-order valence-corrected chi connectivity index (χ1v) is 6.18. The lowest BCUT2D eigenvalue weighted by atomic mass is 10.2. The topological polar surface area (TPSA) is 44.4 Å². The monoisotopic (exact) mass is 251 g/mol. The van der Waals surface area contributed by atoms with E-state index >= 15 is 0 Å². The molecule has 98 valence electrons. The minimum atomic E-state index is -0.258. The van der Waals surface area contributed by atoms with Crippen molar-refractivity contribution in [2.24, 2.45) is 0 Å². The molecule has 0 saturated carbocycles. The van der Waals surface area contributed by atoms with Crippen LogP contribution in [0.1, 0.15) is 5.56 Å². The molecular formula is C13H18FN3O. The Kier molecular flexibility index (Phi) is 4.66. The van der Waals surface area contributed by atoms with Gasteiger partial charge >= 0.3 is 0 Å². The Hall–Kier alpha value is -1.46. The zero-order valence-electron chi connectivity index (χ0n) is 10.3. The molecule has 1 fully saturated rings. The first kappa shape index (κ1) is 13.0. The zero-order chi connectivity index (χ0) is 12.8. The fourth-order valence-electron chi connectivity index (χ4n) is 1.93. The lowest BCUT2D eigenvalue weighted by Gasteiger charge is -2.26. The average molecular weight is 251 g/mol. The number of amides is 1. The molecule has 0 atom stereocenters. The van der Waals surface area contributed by atoms with Gasteiger partial charge in [0.25, 0.3) is 0 Å². The molecule has 0 radical (unpaired) electrons. The van der Waals surface area contributed by atoms with Crippen molar-refractivity contribution in [2.75, 3.05) is 32.7 Å². The zero-order valence-corrected chi connectivity index (χ0v) is 10.3. The van der Waals surface area contributed by atoms with Gasteiger partial charge in [-0.15, -0.1) is 0 Å². The maximum absolute atomic E-state index is 12.7. The van der Waals surface area contributed by atoms with Crippen LogP contribution >= 0.6 is 0 Å². The van der Waals surface area contributed by atoms with Gasteiger partial charge < -0.3 is 10.6 Å². The Balaban J connectivity index is 1.72. The Bertz CT molecular complexity index is 388. The number of benzene rings is 1. The molecule has 4 nitrogen and oxygen atoms in total. The molecule has 1 aromatic rings. The van der Waals surface area contributed by atoms with Crippen molar-refractivity contribution in [2.45, 2.75) is 6.54 Å². The average Bonchev–Trinajstić information content (AvgIpc) is 2.39. The van der Waals surface area contributed by atoms with Crippen molar-refractivity contribution in [1.29, 1.82) is 0 Å². The molecule has 0 spiro atoms. The van der Waals surface area contributed by atoms with Gasteiger partial charge in [-0.1, -0.05) is 12.1 Å². The van der Waals surface area contributed by atoms with Gasteiger partial charge in [0.2, 0.25) is 5.91 Å². The van der Waals surface area contributed by atoms with Crippen molar-refractivity contribution in [3.8, 4) is 0 Å². The molecule has 5 heteroatoms. The summed E-state index contributed by atoms with van der Waals surface area (Å²) in [5.41, 5.74) is 0.907. The number of carbonyl (C=O) groups excluding carboxylic acids is 1. The highest BCUT2D eigenvalue weighted by atomic mass is 19.1. The van der Waals surface area contributed by atoms with E-state index in [1.807, 2.05) is 0 Å². The highest BCUT2D eigenvalue weighted by Gasteiger charge is 2.12. The van der Waals surface area contributed by atoms with Gasteiger partial charge in [0, 0.05) is 32.7 Å². The van der Waals surface area contributed by atoms with Crippen LogP contribution in [0.15, 0.2) is 24.3 Å². The van der Waals surface area contributed by atoms with Crippen LogP contribution in [0.4, 0.5) is 4.39 Å². The predicted octanol–water partition coefficient (Wildman–Crippen LogP) is 0.347. The van der Waals surface area contributed by atoms with E-state index in [4.69, 9.17) is 0 Å². The molecule has 1 saturated heterocycles. The van der Waals surface area contributed by atoms with E-state index in [2.05, 4.69) is 15.5 Å². The fourth-order valence-corrected chi connectivity index (χ4v) is 1.93. The van der Waals surface area contributed by atoms with Gasteiger partial charge in [0.05, 0.1) is 6.54 Å². The molecule has 0 aliphatic carbocycles. The molecule has 1 heterocycles. The summed E-state index contributed by atoms with van der Waals surface area (Å²) in [5.74, 6) is -0.243. The highest BCUT2D eigenvalue weighted by molar-refractivity contribution is 5.78. The van der Waals surface area contributed by atoms with Crippen molar-refractivity contribution < 1.29 is 9.18 Å². The summed E-state index contributed by atoms with van der Waals surface area (Å²) in [6.45, 7) is 4.57. The SMILES string of the molecule is O=C(CN1CCNCC1)NCc1ccc(F)cc1. The minimum absolute atomic E-state index is 0.0150. The third-order valence-corrected chi connectivity index (χ3v) is 2.98. The minimum Gasteiger partial charge on any atom is -0.351 e. The van der Waals surface area contributed by atoms with Gasteiger partial charge in [0.15, 0.2) is 0 Å². The van der Waals surface area contributed by atoms with Gasteiger partial charge in [-0.3, -0.25) is 9.69 Å². The van der Waals surface area contributed by atoms with E-state index in [0.717, 1.165) is 31.7 Å². The maximum atomic E-state index is 12.7. The third-order valence-electron chi connectivity index (χ3n) is 2.98. The number of hydrogen-bond acceptors (Lipinski definition) is 3. The molecule has 1 amide bonds. The molecular weight excluding hydrogens is 233 g/mol. The van der Waals surface area contributed by atoms with Crippen LogP contribution in [0, 0.1) is 5.82 Å². The van der Waals surface area contributed by atoms with Gasteiger partial charge in [0.1, 0.15) is 5.82 Å². The number of rotatable bonds is 4. The summed E-state index contributed by atoms with van der Waals surface area (Å²) in [7, 11) is 0. The van der Waals surface area contributed by atoms with E-state index < -0.39 is 0 Å². The number of nitrogens with one attached hydrogen (secondary N) is 2. The second-order valence-electron chi connectivity index (χ2n) is 4.43. The summed E-state index contributed by atoms with van der Waals surface area (Å²) in [5, 5.41) is 6.08. The summed E-state index contributed by atoms with van der Waals surface area (Å²) in [6, 6.07) is 6.16. The largest absolute Gasteiger partial charge is 0.351 e. The first-order valence-electron chi connectivity index (χ1n) is 6.18. The Morgan fingerprint density at radius 1 is 1.28 bits per heavy atom. The van der Waals surface area contributed by atoms with E-state index in [0.29, 0.717) is 13.1 Å². The van der Waals surface area contributed by atoms with Crippen LogP contribution < -0.4 is 10.6 Å². The molecule has 18 heavy (non-hydrogen) atoms. The second-order valence-corrected chi connectivity index (χ2v) is 4.43. The van der Waals surface area contributed by atoms with Crippen LogP contribution in [0.25, 0.3) is 0 Å². The smallest absolute Gasteiger partial charge is 0.234 e. The number of halogens is 1. The van der Waals surface area contributed by atoms with E-state index in [1.54, 1.807) is 12.1 Å². The quantitative estimate of drug-likeness (QED) is 0.811. The number of piperazine rings is 1. The molecule has 2 N–H and O–H groups in total. The van der Waals surface area contributed by atoms with Gasteiger partial charge in [-0.2, -0.15) is 0 Å². The Labute approximate surface area is 106 Å².